The van der Waals surface area contributed by atoms with E-state index in [4.69, 9.17) is 16.2 Å². The molecular weight excluding hydrogens is 455 g/mol. The lowest BCUT2D eigenvalue weighted by Crippen LogP contribution is -2.32. The van der Waals surface area contributed by atoms with Crippen LogP contribution in [0.3, 0.4) is 0 Å². The van der Waals surface area contributed by atoms with Crippen molar-refractivity contribution in [3.8, 4) is 0 Å². The molecule has 0 bridgehead atoms. The molecule has 11 heteroatoms. The number of rotatable bonds is 5. The van der Waals surface area contributed by atoms with Crippen LogP contribution in [0.15, 0.2) is 35.5 Å². The Kier molecular flexibility index (Phi) is 5.87. The van der Waals surface area contributed by atoms with Crippen LogP contribution in [0.25, 0.3) is 0 Å². The first kappa shape index (κ1) is 22.3. The summed E-state index contributed by atoms with van der Waals surface area (Å²) in [6.07, 6.45) is 2.42. The third-order valence-electron chi connectivity index (χ3n) is 6.26. The molecular formula is C22H24F3N5O2S. The second kappa shape index (κ2) is 8.69. The Morgan fingerprint density at radius 3 is 2.58 bits per heavy atom. The lowest BCUT2D eigenvalue weighted by molar-refractivity contribution is -0.114. The number of ether oxygens (including phenoxy) is 1. The number of aromatic nitrogens is 2. The van der Waals surface area contributed by atoms with Crippen molar-refractivity contribution in [3.05, 3.63) is 58.4 Å². The van der Waals surface area contributed by atoms with Crippen LogP contribution in [0, 0.1) is 11.6 Å². The number of carbonyl (C=O) groups is 1. The number of primary amides is 1. The Hall–Kier alpha value is -2.50. The highest BCUT2D eigenvalue weighted by molar-refractivity contribution is 8.02. The molecule has 1 unspecified atom stereocenters. The third-order valence-corrected chi connectivity index (χ3v) is 7.32. The largest absolute Gasteiger partial charge is 0.369 e. The molecule has 2 aliphatic heterocycles. The van der Waals surface area contributed by atoms with Gasteiger partial charge < -0.3 is 21.1 Å². The minimum absolute atomic E-state index is 0.0953. The van der Waals surface area contributed by atoms with Gasteiger partial charge in [0.15, 0.2) is 0 Å². The van der Waals surface area contributed by atoms with Crippen LogP contribution in [0.2, 0.25) is 0 Å². The van der Waals surface area contributed by atoms with E-state index in [2.05, 4.69) is 5.10 Å². The predicted octanol–water partition coefficient (Wildman–Crippen LogP) is 3.59. The van der Waals surface area contributed by atoms with Gasteiger partial charge in [0.25, 0.3) is 5.91 Å². The molecule has 3 aliphatic rings. The quantitative estimate of drug-likeness (QED) is 0.680. The topological polar surface area (TPSA) is 99.4 Å². The lowest BCUT2D eigenvalue weighted by atomic mass is 10.0. The molecule has 5 rings (SSSR count). The number of nitrogens with two attached hydrogens (primary N) is 2. The molecule has 0 spiro atoms. The molecule has 1 aromatic heterocycles. The number of alkyl halides is 1. The number of hydrogen-bond acceptors (Lipinski definition) is 6. The minimum atomic E-state index is -1.29. The van der Waals surface area contributed by atoms with Crippen molar-refractivity contribution in [1.82, 2.24) is 9.78 Å². The number of nitrogens with zero attached hydrogens (tertiary/aromatic N) is 3. The van der Waals surface area contributed by atoms with Gasteiger partial charge in [-0.25, -0.2) is 13.2 Å². The number of thioether (sulfide) groups is 1. The van der Waals surface area contributed by atoms with Gasteiger partial charge in [-0.2, -0.15) is 5.10 Å². The van der Waals surface area contributed by atoms with Crippen molar-refractivity contribution in [2.45, 2.75) is 55.4 Å². The van der Waals surface area contributed by atoms with E-state index < -0.39 is 41.2 Å². The fourth-order valence-electron chi connectivity index (χ4n) is 4.38. The van der Waals surface area contributed by atoms with E-state index in [1.54, 1.807) is 6.20 Å². The van der Waals surface area contributed by atoms with E-state index in [0.29, 0.717) is 24.2 Å². The smallest absolute Gasteiger partial charge is 0.265 e. The normalized spacial score (nSPS) is 28.0. The Labute approximate surface area is 192 Å². The molecule has 1 saturated heterocycles. The third kappa shape index (κ3) is 4.02. The first-order valence-corrected chi connectivity index (χ1v) is 11.8. The first-order chi connectivity index (χ1) is 15.9. The van der Waals surface area contributed by atoms with Crippen LogP contribution >= 0.6 is 11.8 Å². The number of hydrogen-bond donors (Lipinski definition) is 2. The van der Waals surface area contributed by atoms with Gasteiger partial charge >= 0.3 is 0 Å². The summed E-state index contributed by atoms with van der Waals surface area (Å²) in [4.78, 5) is 13.8. The predicted molar refractivity (Wildman–Crippen MR) is 118 cm³/mol. The maximum atomic E-state index is 14.7. The van der Waals surface area contributed by atoms with Crippen LogP contribution in [0.4, 0.5) is 18.9 Å². The monoisotopic (exact) mass is 479 g/mol. The van der Waals surface area contributed by atoms with E-state index >= 15 is 0 Å². The Morgan fingerprint density at radius 1 is 1.18 bits per heavy atom. The summed E-state index contributed by atoms with van der Waals surface area (Å²) in [6.45, 7) is -0.167. The highest BCUT2D eigenvalue weighted by Gasteiger charge is 2.41. The summed E-state index contributed by atoms with van der Waals surface area (Å²) < 4.78 is 51.4. The summed E-state index contributed by atoms with van der Waals surface area (Å²) in [7, 11) is 0. The van der Waals surface area contributed by atoms with E-state index in [0.717, 1.165) is 24.6 Å². The molecule has 176 valence electrons. The van der Waals surface area contributed by atoms with Gasteiger partial charge in [0, 0.05) is 11.4 Å². The van der Waals surface area contributed by atoms with Crippen molar-refractivity contribution in [2.75, 3.05) is 11.5 Å². The molecule has 1 saturated carbocycles. The molecule has 33 heavy (non-hydrogen) atoms. The van der Waals surface area contributed by atoms with Crippen molar-refractivity contribution < 1.29 is 22.7 Å². The van der Waals surface area contributed by atoms with E-state index in [1.807, 2.05) is 4.68 Å². The molecule has 1 aromatic carbocycles. The van der Waals surface area contributed by atoms with Crippen LogP contribution in [0.1, 0.15) is 54.5 Å². The minimum Gasteiger partial charge on any atom is -0.369 e. The second-order valence-corrected chi connectivity index (χ2v) is 9.49. The molecule has 2 aromatic rings. The van der Waals surface area contributed by atoms with Gasteiger partial charge in [-0.1, -0.05) is 6.07 Å². The zero-order valence-electron chi connectivity index (χ0n) is 17.7. The number of benzene rings is 1. The number of amides is 1. The van der Waals surface area contributed by atoms with Crippen LogP contribution in [-0.2, 0) is 9.53 Å². The summed E-state index contributed by atoms with van der Waals surface area (Å²) in [5, 5.41) is 5.11. The summed E-state index contributed by atoms with van der Waals surface area (Å²) in [5.41, 5.74) is 12.6. The first-order valence-electron chi connectivity index (χ1n) is 10.8. The zero-order valence-corrected chi connectivity index (χ0v) is 18.5. The Balaban J connectivity index is 1.61. The molecule has 3 heterocycles. The van der Waals surface area contributed by atoms with Gasteiger partial charge in [0.05, 0.1) is 35.8 Å². The summed E-state index contributed by atoms with van der Waals surface area (Å²) in [6, 6.07) is 3.14. The van der Waals surface area contributed by atoms with Crippen molar-refractivity contribution in [3.63, 3.8) is 0 Å². The fourth-order valence-corrected chi connectivity index (χ4v) is 5.57. The second-order valence-electron chi connectivity index (χ2n) is 8.53. The number of halogens is 3. The average Bonchev–Trinajstić information content (AvgIpc) is 3.43. The average molecular weight is 480 g/mol. The van der Waals surface area contributed by atoms with Crippen molar-refractivity contribution >= 4 is 23.4 Å². The number of anilines is 1. The van der Waals surface area contributed by atoms with E-state index in [-0.39, 0.29) is 23.9 Å². The van der Waals surface area contributed by atoms with Crippen LogP contribution in [0.5, 0.6) is 0 Å². The fraction of sp³-hybridized carbons (Fsp3) is 0.455. The maximum Gasteiger partial charge on any atom is 0.265 e. The van der Waals surface area contributed by atoms with Gasteiger partial charge in [0.2, 0.25) is 0 Å². The van der Waals surface area contributed by atoms with E-state index in [9.17, 15) is 18.0 Å². The highest BCUT2D eigenvalue weighted by Crippen LogP contribution is 2.50. The SMILES string of the molecule is NC(=O)C1=CSC(c2c(F)cccc2F)N1c1cnn(C2CC2)c1[C@H]1CC[C@H](N)[C@@H](F)CO1. The molecule has 2 fully saturated rings. The summed E-state index contributed by atoms with van der Waals surface area (Å²) in [5.74, 6) is -2.20. The number of carbonyl (C=O) groups excluding carboxylic acids is 1. The van der Waals surface area contributed by atoms with Crippen molar-refractivity contribution in [1.29, 1.82) is 0 Å². The van der Waals surface area contributed by atoms with Gasteiger partial charge in [-0.15, -0.1) is 11.8 Å². The van der Waals surface area contributed by atoms with Gasteiger partial charge in [-0.3, -0.25) is 9.48 Å². The van der Waals surface area contributed by atoms with Gasteiger partial charge in [-0.05, 0) is 37.8 Å². The molecule has 1 aliphatic carbocycles. The molecule has 4 N–H and O–H groups in total. The zero-order chi connectivity index (χ0) is 23.3. The Bertz CT molecular complexity index is 1070. The van der Waals surface area contributed by atoms with Crippen LogP contribution in [-0.4, -0.2) is 34.5 Å². The van der Waals surface area contributed by atoms with Crippen molar-refractivity contribution in [2.24, 2.45) is 11.5 Å². The lowest BCUT2D eigenvalue weighted by Gasteiger charge is -2.30. The highest BCUT2D eigenvalue weighted by atomic mass is 32.2. The molecule has 4 atom stereocenters. The molecule has 7 nitrogen and oxygen atoms in total. The van der Waals surface area contributed by atoms with Crippen LogP contribution < -0.4 is 16.4 Å². The van der Waals surface area contributed by atoms with E-state index in [1.165, 1.54) is 28.5 Å². The standard InChI is InChI=1S/C22H24F3N5O2S/c23-12-2-1-3-13(24)19(12)22-29(17(10-33-22)21(27)31)16-8-28-30(11-4-5-11)20(16)18-7-6-15(26)14(25)9-32-18/h1-3,8,10-11,14-15,18,22H,4-7,9,26H2,(H2,27,31)/t14-,15-,18+,22?/m0/s1. The summed E-state index contributed by atoms with van der Waals surface area (Å²) >= 11 is 1.08. The molecule has 0 radical (unpaired) electrons. The maximum absolute atomic E-state index is 14.7. The Morgan fingerprint density at radius 2 is 1.91 bits per heavy atom. The van der Waals surface area contributed by atoms with Gasteiger partial charge in [0.1, 0.15) is 35.0 Å². The molecule has 1 amide bonds.